The van der Waals surface area contributed by atoms with Gasteiger partial charge >= 0.3 is 0 Å². The SMILES string of the molecule is COc1ccccc1NCc1cc(Br)cc([N+](=O)[O-])c1. The molecule has 0 bridgehead atoms. The summed E-state index contributed by atoms with van der Waals surface area (Å²) in [5, 5.41) is 14.0. The van der Waals surface area contributed by atoms with Crippen LogP contribution >= 0.6 is 15.9 Å². The van der Waals surface area contributed by atoms with Gasteiger partial charge in [-0.05, 0) is 23.8 Å². The van der Waals surface area contributed by atoms with Gasteiger partial charge in [-0.1, -0.05) is 28.1 Å². The fraction of sp³-hybridized carbons (Fsp3) is 0.143. The minimum Gasteiger partial charge on any atom is -0.495 e. The van der Waals surface area contributed by atoms with Gasteiger partial charge in [0.2, 0.25) is 0 Å². The summed E-state index contributed by atoms with van der Waals surface area (Å²) in [6.07, 6.45) is 0. The third-order valence-electron chi connectivity index (χ3n) is 2.74. The largest absolute Gasteiger partial charge is 0.495 e. The van der Waals surface area contributed by atoms with Gasteiger partial charge in [0.25, 0.3) is 5.69 Å². The molecule has 0 spiro atoms. The second kappa shape index (κ2) is 6.38. The normalized spacial score (nSPS) is 10.1. The van der Waals surface area contributed by atoms with E-state index in [-0.39, 0.29) is 5.69 Å². The molecule has 0 amide bonds. The van der Waals surface area contributed by atoms with E-state index in [4.69, 9.17) is 4.74 Å². The van der Waals surface area contributed by atoms with E-state index >= 15 is 0 Å². The lowest BCUT2D eigenvalue weighted by atomic mass is 10.2. The number of non-ortho nitro benzene ring substituents is 1. The third-order valence-corrected chi connectivity index (χ3v) is 3.20. The van der Waals surface area contributed by atoms with Crippen LogP contribution in [0, 0.1) is 10.1 Å². The Morgan fingerprint density at radius 2 is 2.05 bits per heavy atom. The van der Waals surface area contributed by atoms with Crippen molar-refractivity contribution in [2.75, 3.05) is 12.4 Å². The highest BCUT2D eigenvalue weighted by atomic mass is 79.9. The molecule has 20 heavy (non-hydrogen) atoms. The predicted molar refractivity (Wildman–Crippen MR) is 81.1 cm³/mol. The Balaban J connectivity index is 2.16. The van der Waals surface area contributed by atoms with E-state index in [2.05, 4.69) is 21.2 Å². The van der Waals surface area contributed by atoms with Crippen molar-refractivity contribution in [2.45, 2.75) is 6.54 Å². The van der Waals surface area contributed by atoms with Crippen molar-refractivity contribution in [2.24, 2.45) is 0 Å². The number of methoxy groups -OCH3 is 1. The summed E-state index contributed by atoms with van der Waals surface area (Å²) in [6, 6.07) is 12.4. The van der Waals surface area contributed by atoms with Gasteiger partial charge in [0.1, 0.15) is 5.75 Å². The molecule has 2 aromatic rings. The van der Waals surface area contributed by atoms with Crippen LogP contribution in [-0.4, -0.2) is 12.0 Å². The van der Waals surface area contributed by atoms with Crippen molar-refractivity contribution in [3.8, 4) is 5.75 Å². The lowest BCUT2D eigenvalue weighted by Crippen LogP contribution is -2.02. The van der Waals surface area contributed by atoms with Crippen molar-refractivity contribution in [1.82, 2.24) is 0 Å². The maximum Gasteiger partial charge on any atom is 0.270 e. The molecule has 0 radical (unpaired) electrons. The van der Waals surface area contributed by atoms with E-state index in [1.807, 2.05) is 30.3 Å². The van der Waals surface area contributed by atoms with Gasteiger partial charge in [0, 0.05) is 23.2 Å². The monoisotopic (exact) mass is 336 g/mol. The van der Waals surface area contributed by atoms with E-state index in [0.717, 1.165) is 17.0 Å². The molecule has 0 unspecified atom stereocenters. The minimum atomic E-state index is -0.405. The molecule has 0 saturated carbocycles. The molecule has 6 heteroatoms. The molecule has 0 aromatic heterocycles. The van der Waals surface area contributed by atoms with E-state index in [1.54, 1.807) is 13.2 Å². The van der Waals surface area contributed by atoms with Crippen LogP contribution in [0.3, 0.4) is 0 Å². The van der Waals surface area contributed by atoms with Crippen molar-refractivity contribution in [3.63, 3.8) is 0 Å². The second-order valence-electron chi connectivity index (χ2n) is 4.13. The molecule has 0 aliphatic carbocycles. The van der Waals surface area contributed by atoms with Crippen LogP contribution in [0.25, 0.3) is 0 Å². The van der Waals surface area contributed by atoms with Crippen LogP contribution in [0.15, 0.2) is 46.9 Å². The number of nitrogens with zero attached hydrogens (tertiary/aromatic N) is 1. The van der Waals surface area contributed by atoms with Gasteiger partial charge in [0.15, 0.2) is 0 Å². The summed E-state index contributed by atoms with van der Waals surface area (Å²) >= 11 is 3.28. The number of nitro benzene ring substituents is 1. The summed E-state index contributed by atoms with van der Waals surface area (Å²) < 4.78 is 5.92. The smallest absolute Gasteiger partial charge is 0.270 e. The predicted octanol–water partition coefficient (Wildman–Crippen LogP) is 3.98. The van der Waals surface area contributed by atoms with Gasteiger partial charge in [-0.2, -0.15) is 0 Å². The van der Waals surface area contributed by atoms with E-state index in [9.17, 15) is 10.1 Å². The Kier molecular flexibility index (Phi) is 4.57. The van der Waals surface area contributed by atoms with E-state index < -0.39 is 4.92 Å². The maximum atomic E-state index is 10.8. The van der Waals surface area contributed by atoms with Crippen molar-refractivity contribution < 1.29 is 9.66 Å². The van der Waals surface area contributed by atoms with Crippen LogP contribution in [0.4, 0.5) is 11.4 Å². The van der Waals surface area contributed by atoms with Crippen LogP contribution in [-0.2, 0) is 6.54 Å². The zero-order valence-electron chi connectivity index (χ0n) is 10.8. The van der Waals surface area contributed by atoms with E-state index in [1.165, 1.54) is 6.07 Å². The van der Waals surface area contributed by atoms with Gasteiger partial charge in [0.05, 0.1) is 17.7 Å². The average Bonchev–Trinajstić information content (AvgIpc) is 2.44. The first-order valence-electron chi connectivity index (χ1n) is 5.91. The number of nitrogens with one attached hydrogen (secondary N) is 1. The number of ether oxygens (including phenoxy) is 1. The number of nitro groups is 1. The van der Waals surface area contributed by atoms with Crippen LogP contribution in [0.2, 0.25) is 0 Å². The zero-order chi connectivity index (χ0) is 14.5. The van der Waals surface area contributed by atoms with Crippen LogP contribution in [0.1, 0.15) is 5.56 Å². The number of halogens is 1. The highest BCUT2D eigenvalue weighted by Gasteiger charge is 2.09. The molecule has 5 nitrogen and oxygen atoms in total. The van der Waals surface area contributed by atoms with Gasteiger partial charge in [-0.25, -0.2) is 0 Å². The first kappa shape index (κ1) is 14.3. The number of anilines is 1. The third kappa shape index (κ3) is 3.48. The summed E-state index contributed by atoms with van der Waals surface area (Å²) in [6.45, 7) is 0.473. The standard InChI is InChI=1S/C14H13BrN2O3/c1-20-14-5-3-2-4-13(14)16-9-10-6-11(15)8-12(7-10)17(18)19/h2-8,16H,9H2,1H3. The Labute approximate surface area is 124 Å². The lowest BCUT2D eigenvalue weighted by Gasteiger charge is -2.11. The Morgan fingerprint density at radius 3 is 2.75 bits per heavy atom. The maximum absolute atomic E-state index is 10.8. The Bertz CT molecular complexity index is 632. The molecule has 0 atom stereocenters. The summed E-state index contributed by atoms with van der Waals surface area (Å²) in [5.74, 6) is 0.733. The number of hydrogen-bond acceptors (Lipinski definition) is 4. The lowest BCUT2D eigenvalue weighted by molar-refractivity contribution is -0.385. The molecule has 104 valence electrons. The molecule has 2 aromatic carbocycles. The van der Waals surface area contributed by atoms with Crippen molar-refractivity contribution >= 4 is 27.3 Å². The van der Waals surface area contributed by atoms with Crippen molar-refractivity contribution in [3.05, 3.63) is 62.6 Å². The number of hydrogen-bond donors (Lipinski definition) is 1. The first-order chi connectivity index (χ1) is 9.60. The molecule has 1 N–H and O–H groups in total. The molecule has 0 aliphatic rings. The molecule has 0 aliphatic heterocycles. The quantitative estimate of drug-likeness (QED) is 0.662. The minimum absolute atomic E-state index is 0.0659. The zero-order valence-corrected chi connectivity index (χ0v) is 12.4. The highest BCUT2D eigenvalue weighted by molar-refractivity contribution is 9.10. The Morgan fingerprint density at radius 1 is 1.30 bits per heavy atom. The summed E-state index contributed by atoms with van der Waals surface area (Å²) in [5.41, 5.74) is 1.73. The summed E-state index contributed by atoms with van der Waals surface area (Å²) in [4.78, 5) is 10.4. The molecule has 0 saturated heterocycles. The molecular formula is C14H13BrN2O3. The fourth-order valence-electron chi connectivity index (χ4n) is 1.83. The Hall–Kier alpha value is -2.08. The van der Waals surface area contributed by atoms with Gasteiger partial charge in [-0.3, -0.25) is 10.1 Å². The average molecular weight is 337 g/mol. The topological polar surface area (TPSA) is 64.4 Å². The number of para-hydroxylation sites is 2. The molecule has 0 fully saturated rings. The van der Waals surface area contributed by atoms with Crippen LogP contribution < -0.4 is 10.1 Å². The van der Waals surface area contributed by atoms with Gasteiger partial charge in [-0.15, -0.1) is 0 Å². The number of benzene rings is 2. The summed E-state index contributed by atoms with van der Waals surface area (Å²) in [7, 11) is 1.60. The highest BCUT2D eigenvalue weighted by Crippen LogP contribution is 2.25. The second-order valence-corrected chi connectivity index (χ2v) is 5.04. The van der Waals surface area contributed by atoms with Crippen LogP contribution in [0.5, 0.6) is 5.75 Å². The van der Waals surface area contributed by atoms with E-state index in [0.29, 0.717) is 11.0 Å². The number of rotatable bonds is 5. The van der Waals surface area contributed by atoms with Gasteiger partial charge < -0.3 is 10.1 Å². The molecular weight excluding hydrogens is 324 g/mol. The first-order valence-corrected chi connectivity index (χ1v) is 6.70. The van der Waals surface area contributed by atoms with Crippen molar-refractivity contribution in [1.29, 1.82) is 0 Å². The molecule has 0 heterocycles. The fourth-order valence-corrected chi connectivity index (χ4v) is 2.36. The molecule has 2 rings (SSSR count).